The third kappa shape index (κ3) is 2.93. The molecule has 0 spiro atoms. The summed E-state index contributed by atoms with van der Waals surface area (Å²) in [7, 11) is 1.73. The Hall–Kier alpha value is -3.37. The number of pyridine rings is 1. The Morgan fingerprint density at radius 1 is 0.897 bits per heavy atom. The van der Waals surface area contributed by atoms with Crippen molar-refractivity contribution in [2.45, 2.75) is 6.61 Å². The number of ether oxygens (including phenoxy) is 1. The van der Waals surface area contributed by atoms with Gasteiger partial charge in [0.15, 0.2) is 5.78 Å². The number of ketones is 1. The Labute approximate surface area is 171 Å². The van der Waals surface area contributed by atoms with E-state index in [4.69, 9.17) is 16.3 Å². The average molecular weight is 402 g/mol. The molecule has 0 fully saturated rings. The van der Waals surface area contributed by atoms with Crippen molar-refractivity contribution >= 4 is 28.3 Å². The van der Waals surface area contributed by atoms with Crippen LogP contribution in [0.25, 0.3) is 22.0 Å². The number of halogens is 1. The lowest BCUT2D eigenvalue weighted by Crippen LogP contribution is -2.16. The molecule has 0 saturated carbocycles. The number of carbonyl (C=O) groups is 1. The molecule has 0 amide bonds. The van der Waals surface area contributed by atoms with E-state index in [1.54, 1.807) is 41.9 Å². The first-order chi connectivity index (χ1) is 14.0. The van der Waals surface area contributed by atoms with Crippen LogP contribution in [0.1, 0.15) is 21.5 Å². The summed E-state index contributed by atoms with van der Waals surface area (Å²) in [6, 6.07) is 19.8. The minimum Gasteiger partial charge on any atom is -0.489 e. The monoisotopic (exact) mass is 401 g/mol. The van der Waals surface area contributed by atoms with Gasteiger partial charge in [-0.3, -0.25) is 9.59 Å². The van der Waals surface area contributed by atoms with Gasteiger partial charge in [-0.2, -0.15) is 0 Å². The summed E-state index contributed by atoms with van der Waals surface area (Å²) in [5, 5.41) is 1.39. The Kier molecular flexibility index (Phi) is 4.03. The molecule has 1 aromatic heterocycles. The number of aromatic nitrogens is 1. The molecule has 4 nitrogen and oxygen atoms in total. The van der Waals surface area contributed by atoms with Gasteiger partial charge in [-0.25, -0.2) is 0 Å². The molecule has 1 aliphatic heterocycles. The Balaban J connectivity index is 1.87. The van der Waals surface area contributed by atoms with Crippen LogP contribution in [0, 0.1) is 0 Å². The van der Waals surface area contributed by atoms with Crippen LogP contribution < -0.4 is 10.3 Å². The predicted molar refractivity (Wildman–Crippen MR) is 114 cm³/mol. The molecular weight excluding hydrogens is 386 g/mol. The largest absolute Gasteiger partial charge is 0.489 e. The summed E-state index contributed by atoms with van der Waals surface area (Å²) in [4.78, 5) is 25.7. The fraction of sp³-hybridized carbons (Fsp3) is 0.0833. The van der Waals surface area contributed by atoms with E-state index >= 15 is 0 Å². The van der Waals surface area contributed by atoms with Gasteiger partial charge in [-0.1, -0.05) is 23.7 Å². The Morgan fingerprint density at radius 3 is 2.55 bits per heavy atom. The number of benzene rings is 3. The van der Waals surface area contributed by atoms with Gasteiger partial charge in [0.05, 0.1) is 5.52 Å². The number of carbonyl (C=O) groups excluding carboxylic acids is 1. The lowest BCUT2D eigenvalue weighted by Gasteiger charge is -2.12. The number of hydrogen-bond acceptors (Lipinski definition) is 3. The van der Waals surface area contributed by atoms with Crippen molar-refractivity contribution in [3.8, 4) is 16.9 Å². The number of nitrogens with zero attached hydrogens (tertiary/aromatic N) is 1. The van der Waals surface area contributed by atoms with Crippen LogP contribution in [0.15, 0.2) is 71.5 Å². The van der Waals surface area contributed by atoms with Crippen molar-refractivity contribution in [1.29, 1.82) is 0 Å². The SMILES string of the molecule is Cn1c(=O)cc2c3cc(ccc31)C(=O)c1ccc(Cl)c(c1)COc1cccc-2c1. The molecule has 4 aromatic rings. The molecule has 0 unspecified atom stereocenters. The van der Waals surface area contributed by atoms with Crippen molar-refractivity contribution in [2.75, 3.05) is 0 Å². The summed E-state index contributed by atoms with van der Waals surface area (Å²) in [5.74, 6) is 0.565. The summed E-state index contributed by atoms with van der Waals surface area (Å²) in [6.07, 6.45) is 0. The summed E-state index contributed by atoms with van der Waals surface area (Å²) in [5.41, 5.74) is 4.13. The van der Waals surface area contributed by atoms with Crippen LogP contribution in [0.4, 0.5) is 0 Å². The summed E-state index contributed by atoms with van der Waals surface area (Å²) >= 11 is 6.32. The minimum atomic E-state index is -0.111. The molecule has 1 aliphatic rings. The normalized spacial score (nSPS) is 12.8. The van der Waals surface area contributed by atoms with Crippen LogP contribution in [0.5, 0.6) is 5.75 Å². The molecule has 5 heteroatoms. The second-order valence-electron chi connectivity index (χ2n) is 7.14. The zero-order valence-corrected chi connectivity index (χ0v) is 16.4. The maximum atomic E-state index is 13.2. The fourth-order valence-electron chi connectivity index (χ4n) is 3.75. The lowest BCUT2D eigenvalue weighted by atomic mass is 9.96. The van der Waals surface area contributed by atoms with Gasteiger partial charge in [-0.15, -0.1) is 0 Å². The van der Waals surface area contributed by atoms with E-state index in [1.165, 1.54) is 0 Å². The molecule has 0 radical (unpaired) electrons. The molecule has 3 aromatic carbocycles. The molecule has 142 valence electrons. The fourth-order valence-corrected chi connectivity index (χ4v) is 3.92. The van der Waals surface area contributed by atoms with Crippen LogP contribution in [0.3, 0.4) is 0 Å². The summed E-state index contributed by atoms with van der Waals surface area (Å²) < 4.78 is 7.53. The van der Waals surface area contributed by atoms with E-state index in [9.17, 15) is 9.59 Å². The molecule has 5 rings (SSSR count). The van der Waals surface area contributed by atoms with Gasteiger partial charge >= 0.3 is 0 Å². The lowest BCUT2D eigenvalue weighted by molar-refractivity contribution is 0.103. The van der Waals surface area contributed by atoms with E-state index in [0.717, 1.165) is 27.6 Å². The Bertz CT molecular complexity index is 1370. The third-order valence-corrected chi connectivity index (χ3v) is 5.72. The van der Waals surface area contributed by atoms with Crippen molar-refractivity contribution in [3.05, 3.63) is 98.8 Å². The second kappa shape index (κ2) is 6.61. The van der Waals surface area contributed by atoms with Crippen LogP contribution in [-0.2, 0) is 13.7 Å². The first-order valence-corrected chi connectivity index (χ1v) is 9.59. The van der Waals surface area contributed by atoms with Crippen LogP contribution in [0.2, 0.25) is 5.02 Å². The highest BCUT2D eigenvalue weighted by molar-refractivity contribution is 6.31. The van der Waals surface area contributed by atoms with Crippen molar-refractivity contribution in [3.63, 3.8) is 0 Å². The number of fused-ring (bicyclic) bond motifs is 6. The number of hydrogen-bond donors (Lipinski definition) is 0. The molecule has 2 heterocycles. The topological polar surface area (TPSA) is 48.3 Å². The summed E-state index contributed by atoms with van der Waals surface area (Å²) in [6.45, 7) is 0.243. The van der Waals surface area contributed by atoms with Gasteiger partial charge in [0.2, 0.25) is 0 Å². The quantitative estimate of drug-likeness (QED) is 0.417. The van der Waals surface area contributed by atoms with Gasteiger partial charge in [-0.05, 0) is 59.7 Å². The second-order valence-corrected chi connectivity index (χ2v) is 7.55. The molecule has 0 N–H and O–H groups in total. The van der Waals surface area contributed by atoms with E-state index < -0.39 is 0 Å². The van der Waals surface area contributed by atoms with E-state index in [2.05, 4.69) is 0 Å². The van der Waals surface area contributed by atoms with Crippen molar-refractivity contribution in [1.82, 2.24) is 4.57 Å². The average Bonchev–Trinajstić information content (AvgIpc) is 2.74. The standard InChI is InChI=1S/C24H16ClNO3/c1-26-22-8-6-16-11-20(22)19(12-23(26)27)14-3-2-4-18(10-14)29-13-17-9-15(24(16)28)5-7-21(17)25/h2-12H,13H2,1H3. The predicted octanol–water partition coefficient (Wildman–Crippen LogP) is 4.98. The molecule has 29 heavy (non-hydrogen) atoms. The van der Waals surface area contributed by atoms with Crippen LogP contribution in [-0.4, -0.2) is 10.4 Å². The zero-order valence-electron chi connectivity index (χ0n) is 15.6. The molecule has 0 saturated heterocycles. The van der Waals surface area contributed by atoms with E-state index in [-0.39, 0.29) is 17.9 Å². The molecule has 6 bridgehead atoms. The van der Waals surface area contributed by atoms with Crippen molar-refractivity contribution < 1.29 is 9.53 Å². The zero-order chi connectivity index (χ0) is 20.1. The minimum absolute atomic E-state index is 0.101. The smallest absolute Gasteiger partial charge is 0.251 e. The van der Waals surface area contributed by atoms with Gasteiger partial charge in [0.1, 0.15) is 12.4 Å². The first-order valence-electron chi connectivity index (χ1n) is 9.21. The maximum absolute atomic E-state index is 13.2. The maximum Gasteiger partial charge on any atom is 0.251 e. The van der Waals surface area contributed by atoms with Crippen molar-refractivity contribution in [2.24, 2.45) is 7.05 Å². The molecular formula is C24H16ClNO3. The highest BCUT2D eigenvalue weighted by Gasteiger charge is 2.16. The Morgan fingerprint density at radius 2 is 1.69 bits per heavy atom. The number of rotatable bonds is 0. The van der Waals surface area contributed by atoms with Gasteiger partial charge in [0.25, 0.3) is 5.56 Å². The van der Waals surface area contributed by atoms with Gasteiger partial charge < -0.3 is 9.30 Å². The highest BCUT2D eigenvalue weighted by Crippen LogP contribution is 2.32. The highest BCUT2D eigenvalue weighted by atomic mass is 35.5. The van der Waals surface area contributed by atoms with E-state index in [0.29, 0.717) is 21.9 Å². The van der Waals surface area contributed by atoms with Crippen LogP contribution >= 0.6 is 11.6 Å². The van der Waals surface area contributed by atoms with Gasteiger partial charge in [0, 0.05) is 40.2 Å². The van der Waals surface area contributed by atoms with E-state index in [1.807, 2.05) is 36.4 Å². The third-order valence-electron chi connectivity index (χ3n) is 5.36. The molecule has 0 atom stereocenters. The molecule has 0 aliphatic carbocycles. The number of aryl methyl sites for hydroxylation is 1. The first kappa shape index (κ1) is 17.7.